The molecule has 0 fully saturated rings. The molecule has 0 spiro atoms. The van der Waals surface area contributed by atoms with Crippen molar-refractivity contribution in [2.45, 2.75) is 57.3 Å². The number of hydrogen-bond acceptors (Lipinski definition) is 3. The van der Waals surface area contributed by atoms with Crippen LogP contribution in [0, 0.1) is 0 Å². The van der Waals surface area contributed by atoms with Gasteiger partial charge < -0.3 is 5.32 Å². The summed E-state index contributed by atoms with van der Waals surface area (Å²) < 4.78 is 27.4. The molecule has 27 heavy (non-hydrogen) atoms. The monoisotopic (exact) mass is 388 g/mol. The lowest BCUT2D eigenvalue weighted by Gasteiger charge is -2.23. The quantitative estimate of drug-likeness (QED) is 0.476. The maximum Gasteiger partial charge on any atom is 0.264 e. The number of para-hydroxylation sites is 1. The number of nitrogens with zero attached hydrogens (tertiary/aromatic N) is 1. The normalized spacial score (nSPS) is 11.3. The van der Waals surface area contributed by atoms with E-state index in [9.17, 15) is 8.42 Å². The molecule has 2 aromatic carbocycles. The van der Waals surface area contributed by atoms with Crippen molar-refractivity contribution < 1.29 is 8.42 Å². The van der Waals surface area contributed by atoms with Crippen molar-refractivity contribution in [3.63, 3.8) is 0 Å². The lowest BCUT2D eigenvalue weighted by atomic mass is 10.1. The highest BCUT2D eigenvalue weighted by atomic mass is 32.2. The average molecular weight is 389 g/mol. The Morgan fingerprint density at radius 1 is 0.815 bits per heavy atom. The van der Waals surface area contributed by atoms with Crippen LogP contribution in [0.4, 0.5) is 11.4 Å². The Morgan fingerprint density at radius 2 is 1.44 bits per heavy atom. The molecule has 0 aliphatic heterocycles. The fraction of sp³-hybridized carbons (Fsp3) is 0.455. The van der Waals surface area contributed by atoms with Crippen LogP contribution < -0.4 is 9.62 Å². The van der Waals surface area contributed by atoms with Crippen molar-refractivity contribution in [3.05, 3.63) is 54.6 Å². The summed E-state index contributed by atoms with van der Waals surface area (Å²) in [5.74, 6) is 0. The highest BCUT2D eigenvalue weighted by Gasteiger charge is 2.23. The van der Waals surface area contributed by atoms with Crippen LogP contribution in [-0.2, 0) is 10.0 Å². The topological polar surface area (TPSA) is 49.4 Å². The number of sulfonamides is 1. The first kappa shape index (κ1) is 21.3. The second-order valence-corrected chi connectivity index (χ2v) is 8.59. The maximum absolute atomic E-state index is 13.0. The van der Waals surface area contributed by atoms with E-state index in [0.717, 1.165) is 18.7 Å². The lowest BCUT2D eigenvalue weighted by molar-refractivity contribution is 0.592. The highest BCUT2D eigenvalue weighted by molar-refractivity contribution is 7.92. The van der Waals surface area contributed by atoms with Gasteiger partial charge in [-0.15, -0.1) is 0 Å². The van der Waals surface area contributed by atoms with Crippen molar-refractivity contribution in [2.75, 3.05) is 22.7 Å². The molecule has 0 heterocycles. The van der Waals surface area contributed by atoms with Gasteiger partial charge in [0.15, 0.2) is 0 Å². The Bertz CT molecular complexity index is 759. The third-order valence-electron chi connectivity index (χ3n) is 4.63. The van der Waals surface area contributed by atoms with E-state index >= 15 is 0 Å². The molecule has 0 aliphatic carbocycles. The molecule has 0 aromatic heterocycles. The standard InChI is InChI=1S/C22H32N2O2S/c1-3-5-6-7-8-12-19-23-20-15-17-22(18-16-20)27(25,26)24(4-2)21-13-10-9-11-14-21/h9-11,13-18,23H,3-8,12,19H2,1-2H3. The molecule has 5 heteroatoms. The second-order valence-electron chi connectivity index (χ2n) is 6.72. The summed E-state index contributed by atoms with van der Waals surface area (Å²) in [5, 5.41) is 3.38. The van der Waals surface area contributed by atoms with Gasteiger partial charge >= 0.3 is 0 Å². The SMILES string of the molecule is CCCCCCCCNc1ccc(S(=O)(=O)N(CC)c2ccccc2)cc1. The van der Waals surface area contributed by atoms with Crippen LogP contribution in [0.1, 0.15) is 52.4 Å². The molecule has 2 aromatic rings. The fourth-order valence-corrected chi connectivity index (χ4v) is 4.57. The number of rotatable bonds is 12. The van der Waals surface area contributed by atoms with E-state index in [-0.39, 0.29) is 0 Å². The van der Waals surface area contributed by atoms with Gasteiger partial charge in [-0.3, -0.25) is 4.31 Å². The van der Waals surface area contributed by atoms with Crippen LogP contribution in [0.15, 0.2) is 59.5 Å². The Labute approximate surface area is 164 Å². The molecule has 2 rings (SSSR count). The van der Waals surface area contributed by atoms with Crippen molar-refractivity contribution in [3.8, 4) is 0 Å². The maximum atomic E-state index is 13.0. The first-order valence-electron chi connectivity index (χ1n) is 10.0. The van der Waals surface area contributed by atoms with Crippen molar-refractivity contribution in [2.24, 2.45) is 0 Å². The van der Waals surface area contributed by atoms with E-state index in [4.69, 9.17) is 0 Å². The van der Waals surface area contributed by atoms with Crippen LogP contribution in [0.5, 0.6) is 0 Å². The van der Waals surface area contributed by atoms with Crippen molar-refractivity contribution in [1.82, 2.24) is 0 Å². The summed E-state index contributed by atoms with van der Waals surface area (Å²) in [6.45, 7) is 5.39. The average Bonchev–Trinajstić information content (AvgIpc) is 2.69. The minimum atomic E-state index is -3.55. The zero-order valence-corrected chi connectivity index (χ0v) is 17.3. The minimum absolute atomic E-state index is 0.318. The Balaban J connectivity index is 1.93. The van der Waals surface area contributed by atoms with E-state index in [0.29, 0.717) is 17.1 Å². The number of unbranched alkanes of at least 4 members (excludes halogenated alkanes) is 5. The van der Waals surface area contributed by atoms with Crippen LogP contribution in [-0.4, -0.2) is 21.5 Å². The number of anilines is 2. The molecule has 0 saturated carbocycles. The number of benzene rings is 2. The molecule has 1 N–H and O–H groups in total. The smallest absolute Gasteiger partial charge is 0.264 e. The molecule has 0 radical (unpaired) electrons. The largest absolute Gasteiger partial charge is 0.385 e. The lowest BCUT2D eigenvalue weighted by Crippen LogP contribution is -2.30. The van der Waals surface area contributed by atoms with Crippen LogP contribution in [0.25, 0.3) is 0 Å². The van der Waals surface area contributed by atoms with Gasteiger partial charge in [0.1, 0.15) is 0 Å². The Morgan fingerprint density at radius 3 is 2.07 bits per heavy atom. The van der Waals surface area contributed by atoms with E-state index in [1.165, 1.54) is 36.4 Å². The molecule has 0 unspecified atom stereocenters. The van der Waals surface area contributed by atoms with Crippen molar-refractivity contribution >= 4 is 21.4 Å². The minimum Gasteiger partial charge on any atom is -0.385 e. The van der Waals surface area contributed by atoms with Gasteiger partial charge in [-0.05, 0) is 49.7 Å². The van der Waals surface area contributed by atoms with E-state index < -0.39 is 10.0 Å². The predicted molar refractivity (Wildman–Crippen MR) is 115 cm³/mol. The third-order valence-corrected chi connectivity index (χ3v) is 6.55. The van der Waals surface area contributed by atoms with Crippen LogP contribution in [0.3, 0.4) is 0 Å². The third kappa shape index (κ3) is 6.28. The summed E-state index contributed by atoms with van der Waals surface area (Å²) in [6.07, 6.45) is 7.58. The van der Waals surface area contributed by atoms with Crippen molar-refractivity contribution in [1.29, 1.82) is 0 Å². The van der Waals surface area contributed by atoms with Gasteiger partial charge in [0.2, 0.25) is 0 Å². The van der Waals surface area contributed by atoms with Gasteiger partial charge in [0, 0.05) is 18.8 Å². The summed E-state index contributed by atoms with van der Waals surface area (Å²) in [5.41, 5.74) is 1.65. The summed E-state index contributed by atoms with van der Waals surface area (Å²) in [7, 11) is -3.55. The van der Waals surface area contributed by atoms with E-state index in [1.807, 2.05) is 49.4 Å². The molecular weight excluding hydrogens is 356 g/mol. The molecule has 0 aliphatic rings. The first-order valence-corrected chi connectivity index (χ1v) is 11.4. The summed E-state index contributed by atoms with van der Waals surface area (Å²) in [4.78, 5) is 0.318. The second kappa shape index (κ2) is 11.0. The van der Waals surface area contributed by atoms with Gasteiger partial charge in [-0.2, -0.15) is 0 Å². The van der Waals surface area contributed by atoms with Crippen LogP contribution >= 0.6 is 0 Å². The van der Waals surface area contributed by atoms with Gasteiger partial charge in [0.25, 0.3) is 10.0 Å². The summed E-state index contributed by atoms with van der Waals surface area (Å²) in [6, 6.07) is 16.3. The zero-order chi connectivity index (χ0) is 19.5. The van der Waals surface area contributed by atoms with Gasteiger partial charge in [0.05, 0.1) is 10.6 Å². The van der Waals surface area contributed by atoms with E-state index in [1.54, 1.807) is 12.1 Å². The Kier molecular flexibility index (Phi) is 8.65. The molecule has 148 valence electrons. The fourth-order valence-electron chi connectivity index (χ4n) is 3.10. The number of nitrogens with one attached hydrogen (secondary N) is 1. The molecule has 0 bridgehead atoms. The molecule has 0 saturated heterocycles. The first-order chi connectivity index (χ1) is 13.1. The van der Waals surface area contributed by atoms with Crippen LogP contribution in [0.2, 0.25) is 0 Å². The summed E-state index contributed by atoms with van der Waals surface area (Å²) >= 11 is 0. The molecule has 4 nitrogen and oxygen atoms in total. The molecule has 0 atom stereocenters. The molecule has 0 amide bonds. The molecular formula is C22H32N2O2S. The zero-order valence-electron chi connectivity index (χ0n) is 16.5. The predicted octanol–water partition coefficient (Wildman–Crippen LogP) is 5.67. The Hall–Kier alpha value is -2.01. The van der Waals surface area contributed by atoms with Gasteiger partial charge in [-0.25, -0.2) is 8.42 Å². The number of hydrogen-bond donors (Lipinski definition) is 1. The van der Waals surface area contributed by atoms with Gasteiger partial charge in [-0.1, -0.05) is 57.2 Å². The van der Waals surface area contributed by atoms with E-state index in [2.05, 4.69) is 12.2 Å². The highest BCUT2D eigenvalue weighted by Crippen LogP contribution is 2.24.